The Hall–Kier alpha value is -2.87. The van der Waals surface area contributed by atoms with Crippen LogP contribution in [0.3, 0.4) is 0 Å². The van der Waals surface area contributed by atoms with Crippen LogP contribution in [0.2, 0.25) is 0 Å². The summed E-state index contributed by atoms with van der Waals surface area (Å²) in [6.07, 6.45) is 3.22. The molecule has 1 aliphatic rings. The number of rotatable bonds is 6. The van der Waals surface area contributed by atoms with Gasteiger partial charge in [-0.3, -0.25) is 0 Å². The maximum Gasteiger partial charge on any atom is 0.348 e. The lowest BCUT2D eigenvalue weighted by Gasteiger charge is -2.16. The zero-order chi connectivity index (χ0) is 20.4. The van der Waals surface area contributed by atoms with Crippen LogP contribution in [-0.2, 0) is 24.2 Å². The van der Waals surface area contributed by atoms with Crippen molar-refractivity contribution in [2.24, 2.45) is 5.92 Å². The normalized spacial score (nSPS) is 15.6. The summed E-state index contributed by atoms with van der Waals surface area (Å²) in [4.78, 5) is 18.7. The van der Waals surface area contributed by atoms with Crippen LogP contribution >= 0.6 is 11.3 Å². The molecule has 0 saturated carbocycles. The van der Waals surface area contributed by atoms with Crippen molar-refractivity contribution >= 4 is 17.3 Å². The van der Waals surface area contributed by atoms with Crippen molar-refractivity contribution in [3.8, 4) is 22.9 Å². The highest BCUT2D eigenvalue weighted by molar-refractivity contribution is 7.14. The number of esters is 1. The highest BCUT2D eigenvalue weighted by Crippen LogP contribution is 2.33. The van der Waals surface area contributed by atoms with Crippen molar-refractivity contribution in [2.45, 2.75) is 32.8 Å². The molecule has 0 spiro atoms. The van der Waals surface area contributed by atoms with E-state index in [1.165, 1.54) is 28.2 Å². The number of thiophene rings is 1. The van der Waals surface area contributed by atoms with Crippen molar-refractivity contribution in [1.82, 2.24) is 10.1 Å². The van der Waals surface area contributed by atoms with E-state index in [1.807, 2.05) is 6.07 Å². The van der Waals surface area contributed by atoms with E-state index in [1.54, 1.807) is 32.4 Å². The van der Waals surface area contributed by atoms with Crippen LogP contribution in [0.1, 0.15) is 39.3 Å². The largest absolute Gasteiger partial charge is 0.497 e. The van der Waals surface area contributed by atoms with Crippen LogP contribution in [0.5, 0.6) is 11.5 Å². The van der Waals surface area contributed by atoms with Gasteiger partial charge in [-0.15, -0.1) is 11.3 Å². The number of carbonyl (C=O) groups excluding carboxylic acids is 1. The smallest absolute Gasteiger partial charge is 0.348 e. The predicted molar refractivity (Wildman–Crippen MR) is 107 cm³/mol. The topological polar surface area (TPSA) is 83.7 Å². The van der Waals surface area contributed by atoms with Gasteiger partial charge in [0.15, 0.2) is 6.61 Å². The van der Waals surface area contributed by atoms with E-state index in [0.717, 1.165) is 12.8 Å². The summed E-state index contributed by atoms with van der Waals surface area (Å²) in [6, 6.07) is 7.27. The molecule has 0 radical (unpaired) electrons. The van der Waals surface area contributed by atoms with Gasteiger partial charge in [0, 0.05) is 10.9 Å². The van der Waals surface area contributed by atoms with Gasteiger partial charge in [0.1, 0.15) is 16.4 Å². The minimum Gasteiger partial charge on any atom is -0.497 e. The fourth-order valence-electron chi connectivity index (χ4n) is 3.41. The van der Waals surface area contributed by atoms with E-state index in [-0.39, 0.29) is 18.5 Å². The first-order valence-corrected chi connectivity index (χ1v) is 10.2. The molecule has 4 rings (SSSR count). The SMILES string of the molecule is COc1ccc(-c2noc(COC(=O)c3cc4c(s3)CC[C@H](C)C4)n2)c(OC)c1. The van der Waals surface area contributed by atoms with Gasteiger partial charge in [-0.25, -0.2) is 4.79 Å². The lowest BCUT2D eigenvalue weighted by molar-refractivity contribution is 0.0435. The summed E-state index contributed by atoms with van der Waals surface area (Å²) < 4.78 is 21.2. The quantitative estimate of drug-likeness (QED) is 0.556. The zero-order valence-corrected chi connectivity index (χ0v) is 17.4. The van der Waals surface area contributed by atoms with Crippen LogP contribution in [0.4, 0.5) is 0 Å². The first kappa shape index (κ1) is 19.4. The summed E-state index contributed by atoms with van der Waals surface area (Å²) in [6.45, 7) is 2.16. The van der Waals surface area contributed by atoms with Gasteiger partial charge in [-0.05, 0) is 48.9 Å². The molecule has 2 heterocycles. The Morgan fingerprint density at radius 2 is 2.14 bits per heavy atom. The zero-order valence-electron chi connectivity index (χ0n) is 16.6. The fourth-order valence-corrected chi connectivity index (χ4v) is 4.51. The number of benzene rings is 1. The summed E-state index contributed by atoms with van der Waals surface area (Å²) in [5.41, 5.74) is 1.93. The maximum atomic E-state index is 12.4. The number of hydrogen-bond acceptors (Lipinski definition) is 8. The molecule has 0 amide bonds. The molecular weight excluding hydrogens is 392 g/mol. The van der Waals surface area contributed by atoms with Crippen LogP contribution in [0.25, 0.3) is 11.4 Å². The number of aryl methyl sites for hydroxylation is 1. The van der Waals surface area contributed by atoms with Crippen molar-refractivity contribution in [1.29, 1.82) is 0 Å². The number of methoxy groups -OCH3 is 2. The van der Waals surface area contributed by atoms with Crippen LogP contribution in [0, 0.1) is 5.92 Å². The van der Waals surface area contributed by atoms with Gasteiger partial charge in [-0.1, -0.05) is 12.1 Å². The van der Waals surface area contributed by atoms with E-state index in [9.17, 15) is 4.79 Å². The van der Waals surface area contributed by atoms with Gasteiger partial charge in [0.05, 0.1) is 19.8 Å². The summed E-state index contributed by atoms with van der Waals surface area (Å²) >= 11 is 1.52. The van der Waals surface area contributed by atoms with Gasteiger partial charge in [0.25, 0.3) is 5.89 Å². The van der Waals surface area contributed by atoms with E-state index < -0.39 is 0 Å². The molecule has 0 bridgehead atoms. The minimum absolute atomic E-state index is 0.0801. The van der Waals surface area contributed by atoms with Crippen molar-refractivity contribution in [2.75, 3.05) is 14.2 Å². The van der Waals surface area contributed by atoms with Gasteiger partial charge < -0.3 is 18.7 Å². The Bertz CT molecular complexity index is 1030. The van der Waals surface area contributed by atoms with Crippen LogP contribution in [0.15, 0.2) is 28.8 Å². The molecule has 29 heavy (non-hydrogen) atoms. The van der Waals surface area contributed by atoms with E-state index >= 15 is 0 Å². The number of fused-ring (bicyclic) bond motifs is 1. The third-order valence-corrected chi connectivity index (χ3v) is 6.19. The molecular formula is C21H22N2O5S. The standard InChI is InChI=1S/C21H22N2O5S/c1-12-4-7-17-13(8-12)9-18(29-17)21(24)27-11-19-22-20(23-28-19)15-6-5-14(25-2)10-16(15)26-3/h5-6,9-10,12H,4,7-8,11H2,1-3H3/t12-/m0/s1. The maximum absolute atomic E-state index is 12.4. The number of ether oxygens (including phenoxy) is 3. The van der Waals surface area contributed by atoms with Crippen LogP contribution < -0.4 is 9.47 Å². The second-order valence-electron chi connectivity index (χ2n) is 7.06. The highest BCUT2D eigenvalue weighted by atomic mass is 32.1. The highest BCUT2D eigenvalue weighted by Gasteiger charge is 2.22. The third-order valence-electron chi connectivity index (χ3n) is 4.97. The summed E-state index contributed by atoms with van der Waals surface area (Å²) in [5, 5.41) is 3.97. The molecule has 0 N–H and O–H groups in total. The average molecular weight is 414 g/mol. The van der Waals surface area contributed by atoms with Crippen molar-refractivity contribution < 1.29 is 23.5 Å². The number of carbonyl (C=O) groups is 1. The van der Waals surface area contributed by atoms with E-state index in [0.29, 0.717) is 33.7 Å². The molecule has 152 valence electrons. The fraction of sp³-hybridized carbons (Fsp3) is 0.381. The first-order valence-electron chi connectivity index (χ1n) is 9.41. The molecule has 0 aliphatic heterocycles. The van der Waals surface area contributed by atoms with Gasteiger partial charge in [0.2, 0.25) is 5.82 Å². The Kier molecular flexibility index (Phi) is 5.53. The molecule has 1 aliphatic carbocycles. The van der Waals surface area contributed by atoms with E-state index in [2.05, 4.69) is 17.1 Å². The lowest BCUT2D eigenvalue weighted by Crippen LogP contribution is -2.08. The Balaban J connectivity index is 1.43. The monoisotopic (exact) mass is 414 g/mol. The third kappa shape index (κ3) is 4.12. The molecule has 2 aromatic heterocycles. The Labute approximate surface area is 172 Å². The van der Waals surface area contributed by atoms with E-state index in [4.69, 9.17) is 18.7 Å². The Morgan fingerprint density at radius 1 is 1.28 bits per heavy atom. The minimum atomic E-state index is -0.362. The number of nitrogens with zero attached hydrogens (tertiary/aromatic N) is 2. The Morgan fingerprint density at radius 3 is 2.93 bits per heavy atom. The molecule has 1 atom stereocenters. The second-order valence-corrected chi connectivity index (χ2v) is 8.20. The summed E-state index contributed by atoms with van der Waals surface area (Å²) in [5.74, 6) is 2.10. The summed E-state index contributed by atoms with van der Waals surface area (Å²) in [7, 11) is 3.14. The lowest BCUT2D eigenvalue weighted by atomic mass is 9.90. The van der Waals surface area contributed by atoms with Crippen molar-refractivity contribution in [3.63, 3.8) is 0 Å². The average Bonchev–Trinajstić information content (AvgIpc) is 3.38. The van der Waals surface area contributed by atoms with Crippen LogP contribution in [-0.4, -0.2) is 30.3 Å². The predicted octanol–water partition coefficient (Wildman–Crippen LogP) is 4.30. The molecule has 3 aromatic rings. The number of hydrogen-bond donors (Lipinski definition) is 0. The molecule has 7 nitrogen and oxygen atoms in total. The second kappa shape index (κ2) is 8.24. The van der Waals surface area contributed by atoms with Gasteiger partial charge >= 0.3 is 5.97 Å². The molecule has 0 saturated heterocycles. The number of aromatic nitrogens is 2. The van der Waals surface area contributed by atoms with Gasteiger partial charge in [-0.2, -0.15) is 4.98 Å². The molecule has 1 aromatic carbocycles. The molecule has 0 fully saturated rings. The van der Waals surface area contributed by atoms with Crippen molar-refractivity contribution in [3.05, 3.63) is 45.5 Å². The molecule has 0 unspecified atom stereocenters. The molecule has 8 heteroatoms. The first-order chi connectivity index (χ1) is 14.1.